The average molecular weight is 560 g/mol. The zero-order valence-corrected chi connectivity index (χ0v) is 23.7. The van der Waals surface area contributed by atoms with Crippen molar-refractivity contribution >= 4 is 29.5 Å². The second-order valence-electron chi connectivity index (χ2n) is 10.6. The summed E-state index contributed by atoms with van der Waals surface area (Å²) in [7, 11) is 1.56. The topological polar surface area (TPSA) is 155 Å². The maximum atomic E-state index is 13.4. The fourth-order valence-electron chi connectivity index (χ4n) is 4.78. The molecule has 220 valence electrons. The highest BCUT2D eigenvalue weighted by molar-refractivity contribution is 6.01. The third-order valence-electron chi connectivity index (χ3n) is 6.96. The van der Waals surface area contributed by atoms with Gasteiger partial charge in [0.2, 0.25) is 23.6 Å². The minimum atomic E-state index is -1.18. The first-order valence-electron chi connectivity index (χ1n) is 13.8. The molecule has 40 heavy (non-hydrogen) atoms. The Labute approximate surface area is 234 Å². The van der Waals surface area contributed by atoms with E-state index >= 15 is 0 Å². The number of benzene rings is 1. The lowest BCUT2D eigenvalue weighted by molar-refractivity contribution is -0.141. The Bertz CT molecular complexity index is 1080. The SMILES string of the molecule is COCCCNC(=O)[C@@H]1CC(=O)N2CCC[C@H]2C(=O)N[C@H](C(C)C)C(=O)N[C@@H](C)COc2ccccc2C(=O)N1. The maximum absolute atomic E-state index is 13.4. The molecule has 1 aromatic rings. The molecule has 4 N–H and O–H groups in total. The quantitative estimate of drug-likeness (QED) is 0.367. The first-order valence-corrected chi connectivity index (χ1v) is 13.8. The van der Waals surface area contributed by atoms with Gasteiger partial charge >= 0.3 is 0 Å². The van der Waals surface area contributed by atoms with E-state index < -0.39 is 47.8 Å². The van der Waals surface area contributed by atoms with Gasteiger partial charge in [0.25, 0.3) is 5.91 Å². The third kappa shape index (κ3) is 8.17. The van der Waals surface area contributed by atoms with Crippen LogP contribution < -0.4 is 26.0 Å². The normalized spacial score (nSPS) is 24.7. The Balaban J connectivity index is 1.93. The number of amides is 5. The number of carbonyl (C=O) groups is 5. The van der Waals surface area contributed by atoms with Crippen LogP contribution in [0.1, 0.15) is 56.8 Å². The molecule has 0 radical (unpaired) electrons. The molecule has 0 bridgehead atoms. The summed E-state index contributed by atoms with van der Waals surface area (Å²) in [6.07, 6.45) is 1.26. The number of nitrogens with zero attached hydrogens (tertiary/aromatic N) is 1. The van der Waals surface area contributed by atoms with Crippen LogP contribution in [0.4, 0.5) is 0 Å². The fourth-order valence-corrected chi connectivity index (χ4v) is 4.78. The number of methoxy groups -OCH3 is 1. The first kappa shape index (κ1) is 30.9. The number of ether oxygens (including phenoxy) is 2. The summed E-state index contributed by atoms with van der Waals surface area (Å²) in [4.78, 5) is 67.7. The van der Waals surface area contributed by atoms with Crippen LogP contribution in [-0.4, -0.2) is 92.0 Å². The smallest absolute Gasteiger partial charge is 0.255 e. The Morgan fingerprint density at radius 3 is 2.60 bits per heavy atom. The van der Waals surface area contributed by atoms with Crippen LogP contribution >= 0.6 is 0 Å². The van der Waals surface area contributed by atoms with Crippen molar-refractivity contribution in [3.63, 3.8) is 0 Å². The summed E-state index contributed by atoms with van der Waals surface area (Å²) in [5.74, 6) is -2.28. The lowest BCUT2D eigenvalue weighted by atomic mass is 10.0. The van der Waals surface area contributed by atoms with Gasteiger partial charge in [-0.1, -0.05) is 26.0 Å². The minimum absolute atomic E-state index is 0.0626. The summed E-state index contributed by atoms with van der Waals surface area (Å²) >= 11 is 0. The van der Waals surface area contributed by atoms with E-state index in [4.69, 9.17) is 9.47 Å². The predicted octanol–water partition coefficient (Wildman–Crippen LogP) is 0.357. The molecule has 2 heterocycles. The van der Waals surface area contributed by atoms with E-state index in [2.05, 4.69) is 21.3 Å². The third-order valence-corrected chi connectivity index (χ3v) is 6.96. The summed E-state index contributed by atoms with van der Waals surface area (Å²) in [6.45, 7) is 6.56. The highest BCUT2D eigenvalue weighted by atomic mass is 16.5. The van der Waals surface area contributed by atoms with E-state index in [-0.39, 0.29) is 36.2 Å². The molecule has 1 saturated heterocycles. The van der Waals surface area contributed by atoms with Crippen molar-refractivity contribution < 1.29 is 33.4 Å². The molecule has 1 aromatic carbocycles. The van der Waals surface area contributed by atoms with Gasteiger partial charge in [0.05, 0.1) is 18.0 Å². The number of para-hydroxylation sites is 1. The van der Waals surface area contributed by atoms with E-state index in [1.54, 1.807) is 38.3 Å². The lowest BCUT2D eigenvalue weighted by Gasteiger charge is -2.29. The molecule has 0 saturated carbocycles. The van der Waals surface area contributed by atoms with Gasteiger partial charge in [-0.25, -0.2) is 0 Å². The molecule has 0 aliphatic carbocycles. The van der Waals surface area contributed by atoms with Crippen LogP contribution in [0.3, 0.4) is 0 Å². The van der Waals surface area contributed by atoms with Crippen LogP contribution in [0, 0.1) is 5.92 Å². The summed E-state index contributed by atoms with van der Waals surface area (Å²) in [6, 6.07) is 3.34. The monoisotopic (exact) mass is 559 g/mol. The van der Waals surface area contributed by atoms with E-state index in [0.29, 0.717) is 39.0 Å². The molecule has 0 aromatic heterocycles. The van der Waals surface area contributed by atoms with E-state index in [0.717, 1.165) is 0 Å². The van der Waals surface area contributed by atoms with Crippen LogP contribution in [0.5, 0.6) is 5.75 Å². The van der Waals surface area contributed by atoms with Gasteiger partial charge in [-0.05, 0) is 44.2 Å². The highest BCUT2D eigenvalue weighted by Crippen LogP contribution is 2.22. The Hall–Kier alpha value is -3.67. The van der Waals surface area contributed by atoms with E-state index in [1.807, 2.05) is 13.8 Å². The molecule has 1 fully saturated rings. The van der Waals surface area contributed by atoms with Crippen molar-refractivity contribution in [2.24, 2.45) is 5.92 Å². The number of rotatable bonds is 6. The second-order valence-corrected chi connectivity index (χ2v) is 10.6. The molecular formula is C28H41N5O7. The number of fused-ring (bicyclic) bond motifs is 2. The van der Waals surface area contributed by atoms with Crippen LogP contribution in [-0.2, 0) is 23.9 Å². The molecule has 2 aliphatic rings. The zero-order valence-electron chi connectivity index (χ0n) is 23.7. The largest absolute Gasteiger partial charge is 0.491 e. The Morgan fingerprint density at radius 2 is 1.88 bits per heavy atom. The molecular weight excluding hydrogens is 518 g/mol. The minimum Gasteiger partial charge on any atom is -0.491 e. The number of hydrogen-bond acceptors (Lipinski definition) is 7. The summed E-state index contributed by atoms with van der Waals surface area (Å²) in [5, 5.41) is 11.1. The second kappa shape index (κ2) is 14.6. The van der Waals surface area contributed by atoms with Crippen molar-refractivity contribution in [2.75, 3.05) is 33.4 Å². The average Bonchev–Trinajstić information content (AvgIpc) is 3.42. The lowest BCUT2D eigenvalue weighted by Crippen LogP contribution is -2.57. The van der Waals surface area contributed by atoms with Gasteiger partial charge in [0.1, 0.15) is 30.5 Å². The van der Waals surface area contributed by atoms with Crippen molar-refractivity contribution in [1.29, 1.82) is 0 Å². The van der Waals surface area contributed by atoms with Gasteiger partial charge in [-0.3, -0.25) is 24.0 Å². The van der Waals surface area contributed by atoms with Gasteiger partial charge in [0.15, 0.2) is 0 Å². The Kier molecular flexibility index (Phi) is 11.3. The standard InChI is InChI=1S/C28H41N5O7/c1-17(2)24-28(38)30-18(3)16-40-22-11-6-5-9-19(22)25(35)31-20(26(36)29-12-8-14-39-4)15-23(34)33-13-7-10-21(33)27(37)32-24/h5-6,9,11,17-18,20-21,24H,7-8,10,12-16H2,1-4H3,(H,29,36)(H,30,38)(H,31,35)(H,32,37)/t18-,20-,21-,24+/m0/s1. The van der Waals surface area contributed by atoms with Gasteiger partial charge < -0.3 is 35.6 Å². The van der Waals surface area contributed by atoms with Gasteiger partial charge in [0, 0.05) is 26.8 Å². The van der Waals surface area contributed by atoms with Gasteiger partial charge in [-0.2, -0.15) is 0 Å². The van der Waals surface area contributed by atoms with Crippen molar-refractivity contribution in [3.8, 4) is 5.75 Å². The van der Waals surface area contributed by atoms with Crippen LogP contribution in [0.25, 0.3) is 0 Å². The Morgan fingerprint density at radius 1 is 1.12 bits per heavy atom. The molecule has 5 amide bonds. The van der Waals surface area contributed by atoms with E-state index in [9.17, 15) is 24.0 Å². The molecule has 0 spiro atoms. The maximum Gasteiger partial charge on any atom is 0.255 e. The summed E-state index contributed by atoms with van der Waals surface area (Å²) < 4.78 is 10.9. The van der Waals surface area contributed by atoms with Crippen molar-refractivity contribution in [1.82, 2.24) is 26.2 Å². The molecule has 0 unspecified atom stereocenters. The molecule has 2 aliphatic heterocycles. The fraction of sp³-hybridized carbons (Fsp3) is 0.607. The zero-order chi connectivity index (χ0) is 29.2. The van der Waals surface area contributed by atoms with Crippen molar-refractivity contribution in [2.45, 2.75) is 70.6 Å². The molecule has 12 nitrogen and oxygen atoms in total. The van der Waals surface area contributed by atoms with Gasteiger partial charge in [-0.15, -0.1) is 0 Å². The molecule has 3 rings (SSSR count). The number of hydrogen-bond donors (Lipinski definition) is 4. The summed E-state index contributed by atoms with van der Waals surface area (Å²) in [5.41, 5.74) is 0.186. The van der Waals surface area contributed by atoms with Crippen LogP contribution in [0.2, 0.25) is 0 Å². The molecule has 4 atom stereocenters. The molecule has 12 heteroatoms. The van der Waals surface area contributed by atoms with E-state index in [1.165, 1.54) is 4.90 Å². The van der Waals surface area contributed by atoms with Crippen molar-refractivity contribution in [3.05, 3.63) is 29.8 Å². The predicted molar refractivity (Wildman–Crippen MR) is 146 cm³/mol. The first-order chi connectivity index (χ1) is 19.1. The van der Waals surface area contributed by atoms with Crippen LogP contribution in [0.15, 0.2) is 24.3 Å². The number of nitrogens with one attached hydrogen (secondary N) is 4. The number of carbonyl (C=O) groups excluding carboxylic acids is 5. The highest BCUT2D eigenvalue weighted by Gasteiger charge is 2.38.